The summed E-state index contributed by atoms with van der Waals surface area (Å²) >= 11 is 0. The predicted octanol–water partition coefficient (Wildman–Crippen LogP) is 12.1. The lowest BCUT2D eigenvalue weighted by molar-refractivity contribution is 0.429. The van der Waals surface area contributed by atoms with E-state index in [2.05, 4.69) is 154 Å². The number of hydrogen-bond donors (Lipinski definition) is 0. The van der Waals surface area contributed by atoms with Crippen molar-refractivity contribution in [2.45, 2.75) is 75.7 Å². The van der Waals surface area contributed by atoms with Crippen molar-refractivity contribution in [2.75, 3.05) is 0 Å². The maximum Gasteiger partial charge on any atom is 0.0976 e. The summed E-state index contributed by atoms with van der Waals surface area (Å²) in [6, 6.07) is 25.3. The number of allylic oxidation sites excluding steroid dienone is 8. The first-order valence-corrected chi connectivity index (χ1v) is 15.5. The molecule has 0 aliphatic carbocycles. The van der Waals surface area contributed by atoms with Gasteiger partial charge in [-0.3, -0.25) is 0 Å². The highest BCUT2D eigenvalue weighted by atomic mass is 14.8. The van der Waals surface area contributed by atoms with Gasteiger partial charge in [0.25, 0.3) is 0 Å². The number of aromatic nitrogens is 2. The summed E-state index contributed by atoms with van der Waals surface area (Å²) in [5.74, 6) is 0. The van der Waals surface area contributed by atoms with E-state index in [1.54, 1.807) is 0 Å². The van der Waals surface area contributed by atoms with E-state index in [1.165, 1.54) is 22.3 Å². The average Bonchev–Trinajstić information content (AvgIpc) is 3.01. The fraction of sp³-hybridized carbons (Fsp3) is 0.317. The molecule has 0 unspecified atom stereocenters. The van der Waals surface area contributed by atoms with Crippen molar-refractivity contribution in [2.24, 2.45) is 10.8 Å². The third-order valence-corrected chi connectivity index (χ3v) is 9.07. The van der Waals surface area contributed by atoms with Crippen molar-refractivity contribution >= 4 is 22.2 Å². The van der Waals surface area contributed by atoms with Crippen molar-refractivity contribution in [1.82, 2.24) is 9.97 Å². The van der Waals surface area contributed by atoms with Crippen LogP contribution in [0.15, 0.2) is 108 Å². The largest absolute Gasteiger partial charge is 0.243 e. The van der Waals surface area contributed by atoms with Crippen LogP contribution in [0.5, 0.6) is 0 Å². The molecule has 0 spiro atoms. The Morgan fingerprint density at radius 3 is 1.33 bits per heavy atom. The topological polar surface area (TPSA) is 25.8 Å². The summed E-state index contributed by atoms with van der Waals surface area (Å²) in [6.07, 6.45) is 10.1. The van der Waals surface area contributed by atoms with Crippen LogP contribution in [0.4, 0.5) is 0 Å². The molecule has 0 amide bonds. The van der Waals surface area contributed by atoms with E-state index in [0.717, 1.165) is 51.1 Å². The van der Waals surface area contributed by atoms with E-state index in [9.17, 15) is 0 Å². The van der Waals surface area contributed by atoms with Crippen LogP contribution in [0, 0.1) is 10.8 Å². The van der Waals surface area contributed by atoms with Gasteiger partial charge in [0.1, 0.15) is 0 Å². The molecule has 4 rings (SSSR count). The minimum absolute atomic E-state index is 0.119. The second-order valence-corrected chi connectivity index (χ2v) is 13.4. The van der Waals surface area contributed by atoms with E-state index in [0.29, 0.717) is 0 Å². The van der Waals surface area contributed by atoms with Gasteiger partial charge in [0.15, 0.2) is 0 Å². The highest BCUT2D eigenvalue weighted by molar-refractivity contribution is 5.98. The van der Waals surface area contributed by atoms with Gasteiger partial charge in [-0.05, 0) is 56.1 Å². The van der Waals surface area contributed by atoms with Crippen molar-refractivity contribution in [3.8, 4) is 22.5 Å². The summed E-state index contributed by atoms with van der Waals surface area (Å²) in [5.41, 5.74) is 13.3. The molecule has 1 aromatic heterocycles. The van der Waals surface area contributed by atoms with Crippen molar-refractivity contribution in [1.29, 1.82) is 0 Å². The molecule has 222 valence electrons. The summed E-state index contributed by atoms with van der Waals surface area (Å²) in [4.78, 5) is 10.9. The minimum atomic E-state index is 0.119. The smallest absolute Gasteiger partial charge is 0.0976 e. The molecule has 0 aliphatic rings. The molecule has 0 radical (unpaired) electrons. The van der Waals surface area contributed by atoms with Gasteiger partial charge in [0.05, 0.1) is 22.4 Å². The fourth-order valence-corrected chi connectivity index (χ4v) is 4.80. The molecular weight excluding hydrogens is 520 g/mol. The molecule has 0 aliphatic heterocycles. The van der Waals surface area contributed by atoms with Gasteiger partial charge in [-0.15, -0.1) is 0 Å². The molecule has 43 heavy (non-hydrogen) atoms. The quantitative estimate of drug-likeness (QED) is 0.198. The molecule has 0 fully saturated rings. The highest BCUT2D eigenvalue weighted by Crippen LogP contribution is 2.37. The van der Waals surface area contributed by atoms with Crippen LogP contribution in [0.1, 0.15) is 86.8 Å². The Balaban J connectivity index is 2.05. The second kappa shape index (κ2) is 13.1. The van der Waals surface area contributed by atoms with Crippen LogP contribution in [0.25, 0.3) is 44.7 Å². The molecule has 0 N–H and O–H groups in total. The molecule has 1 heterocycles. The number of benzene rings is 3. The zero-order valence-corrected chi connectivity index (χ0v) is 27.8. The van der Waals surface area contributed by atoms with Crippen LogP contribution < -0.4 is 0 Å². The SMILES string of the molecule is CCC(C)(C)/C(C)=C/C=C(\C)c1ccc(/C(C)=C/C=C(\C)C(C)(C)C)c2nc(-c3ccccc3)c(-c3ccccc3)nc12. The van der Waals surface area contributed by atoms with Crippen molar-refractivity contribution in [3.05, 3.63) is 119 Å². The second-order valence-electron chi connectivity index (χ2n) is 13.4. The highest BCUT2D eigenvalue weighted by Gasteiger charge is 2.20. The fourth-order valence-electron chi connectivity index (χ4n) is 4.80. The first-order valence-electron chi connectivity index (χ1n) is 15.5. The number of rotatable bonds is 8. The summed E-state index contributed by atoms with van der Waals surface area (Å²) in [5, 5.41) is 0. The molecule has 2 nitrogen and oxygen atoms in total. The van der Waals surface area contributed by atoms with E-state index < -0.39 is 0 Å². The molecule has 2 heteroatoms. The van der Waals surface area contributed by atoms with E-state index in [4.69, 9.17) is 9.97 Å². The zero-order chi connectivity index (χ0) is 31.4. The van der Waals surface area contributed by atoms with E-state index in [1.807, 2.05) is 12.1 Å². The van der Waals surface area contributed by atoms with Crippen LogP contribution in [-0.2, 0) is 0 Å². The first kappa shape index (κ1) is 31.9. The lowest BCUT2D eigenvalue weighted by Gasteiger charge is -2.23. The van der Waals surface area contributed by atoms with Crippen LogP contribution >= 0.6 is 0 Å². The van der Waals surface area contributed by atoms with Gasteiger partial charge in [0, 0.05) is 22.3 Å². The van der Waals surface area contributed by atoms with E-state index in [-0.39, 0.29) is 10.8 Å². The Morgan fingerprint density at radius 1 is 0.558 bits per heavy atom. The van der Waals surface area contributed by atoms with Crippen LogP contribution in [-0.4, -0.2) is 9.97 Å². The first-order chi connectivity index (χ1) is 20.3. The summed E-state index contributed by atoms with van der Waals surface area (Å²) in [7, 11) is 0. The molecule has 0 atom stereocenters. The lowest BCUT2D eigenvalue weighted by Crippen LogP contribution is -2.10. The Labute approximate surface area is 260 Å². The molecule has 0 saturated heterocycles. The third-order valence-electron chi connectivity index (χ3n) is 9.07. The van der Waals surface area contributed by atoms with Gasteiger partial charge < -0.3 is 0 Å². The molecule has 4 aromatic rings. The third kappa shape index (κ3) is 7.31. The zero-order valence-electron chi connectivity index (χ0n) is 27.8. The van der Waals surface area contributed by atoms with Gasteiger partial charge in [-0.2, -0.15) is 0 Å². The Hall–Kier alpha value is -4.04. The Morgan fingerprint density at radius 2 is 0.953 bits per heavy atom. The van der Waals surface area contributed by atoms with Crippen LogP contribution in [0.3, 0.4) is 0 Å². The minimum Gasteiger partial charge on any atom is -0.243 e. The Bertz CT molecular complexity index is 1710. The maximum absolute atomic E-state index is 5.45. The Kier molecular flexibility index (Phi) is 9.70. The standard InChI is InChI=1S/C41H48N2/c1-11-41(9,10)31(5)25-23-29(3)35-27-26-34(28(2)22-24-30(4)40(6,7)8)38-39(35)43-37(33-20-16-13-17-21-33)36(42-38)32-18-14-12-15-19-32/h12-27H,11H2,1-10H3/b28-22+,29-23+,30-24+,31-25+. The lowest BCUT2D eigenvalue weighted by atomic mass is 9.82. The summed E-state index contributed by atoms with van der Waals surface area (Å²) in [6.45, 7) is 22.4. The predicted molar refractivity (Wildman–Crippen MR) is 189 cm³/mol. The maximum atomic E-state index is 5.45. The monoisotopic (exact) mass is 568 g/mol. The number of hydrogen-bond acceptors (Lipinski definition) is 2. The molecule has 3 aromatic carbocycles. The number of fused-ring (bicyclic) bond motifs is 1. The van der Waals surface area contributed by atoms with E-state index >= 15 is 0 Å². The normalized spacial score (nSPS) is 14.0. The van der Waals surface area contributed by atoms with Crippen molar-refractivity contribution < 1.29 is 0 Å². The van der Waals surface area contributed by atoms with Gasteiger partial charge in [-0.1, -0.05) is 150 Å². The summed E-state index contributed by atoms with van der Waals surface area (Å²) < 4.78 is 0. The molecule has 0 saturated carbocycles. The van der Waals surface area contributed by atoms with Gasteiger partial charge in [-0.25, -0.2) is 9.97 Å². The van der Waals surface area contributed by atoms with Gasteiger partial charge in [0.2, 0.25) is 0 Å². The average molecular weight is 569 g/mol. The van der Waals surface area contributed by atoms with Gasteiger partial charge >= 0.3 is 0 Å². The van der Waals surface area contributed by atoms with Crippen LogP contribution in [0.2, 0.25) is 0 Å². The molecule has 0 bridgehead atoms. The molecular formula is C41H48N2. The van der Waals surface area contributed by atoms with Crippen molar-refractivity contribution in [3.63, 3.8) is 0 Å². The number of nitrogens with zero attached hydrogens (tertiary/aromatic N) is 2.